The van der Waals surface area contributed by atoms with E-state index in [4.69, 9.17) is 4.74 Å². The van der Waals surface area contributed by atoms with Gasteiger partial charge in [-0.05, 0) is 44.4 Å². The van der Waals surface area contributed by atoms with Gasteiger partial charge in [-0.3, -0.25) is 4.79 Å². The molecule has 0 saturated carbocycles. The second kappa shape index (κ2) is 9.26. The molecule has 1 aliphatic rings. The molecule has 0 aliphatic carbocycles. The Labute approximate surface area is 148 Å². The van der Waals surface area contributed by atoms with Gasteiger partial charge in [-0.2, -0.15) is 4.31 Å². The molecule has 25 heavy (non-hydrogen) atoms. The molecular formula is C17H25FN2O4S. The largest absolute Gasteiger partial charge is 0.382 e. The second-order valence-corrected chi connectivity index (χ2v) is 7.82. The van der Waals surface area contributed by atoms with Crippen LogP contribution in [0.2, 0.25) is 0 Å². The first-order valence-electron chi connectivity index (χ1n) is 8.62. The molecule has 8 heteroatoms. The molecule has 1 aromatic rings. The second-order valence-electron chi connectivity index (χ2n) is 5.92. The fourth-order valence-corrected chi connectivity index (χ4v) is 4.32. The van der Waals surface area contributed by atoms with Crippen molar-refractivity contribution in [2.24, 2.45) is 0 Å². The summed E-state index contributed by atoms with van der Waals surface area (Å²) < 4.78 is 45.9. The van der Waals surface area contributed by atoms with Crippen molar-refractivity contribution in [3.05, 3.63) is 29.6 Å². The van der Waals surface area contributed by atoms with Crippen molar-refractivity contribution in [2.75, 3.05) is 32.8 Å². The van der Waals surface area contributed by atoms with E-state index in [1.165, 1.54) is 10.4 Å². The van der Waals surface area contributed by atoms with Gasteiger partial charge >= 0.3 is 0 Å². The SMILES string of the molecule is CCOCCCNC(=O)c1ccc(F)c(S(=O)(=O)N2CCCCC2)c1. The number of carbonyl (C=O) groups is 1. The first-order chi connectivity index (χ1) is 12.0. The van der Waals surface area contributed by atoms with Gasteiger partial charge in [-0.1, -0.05) is 6.42 Å². The highest BCUT2D eigenvalue weighted by Gasteiger charge is 2.29. The lowest BCUT2D eigenvalue weighted by Crippen LogP contribution is -2.36. The van der Waals surface area contributed by atoms with Crippen LogP contribution >= 0.6 is 0 Å². The molecule has 140 valence electrons. The number of nitrogens with zero attached hydrogens (tertiary/aromatic N) is 1. The number of hydrogen-bond acceptors (Lipinski definition) is 4. The number of benzene rings is 1. The molecule has 0 aromatic heterocycles. The fraction of sp³-hybridized carbons (Fsp3) is 0.588. The van der Waals surface area contributed by atoms with Crippen molar-refractivity contribution < 1.29 is 22.3 Å². The molecule has 0 atom stereocenters. The molecule has 2 rings (SSSR count). The Bertz CT molecular complexity index is 688. The van der Waals surface area contributed by atoms with Gasteiger partial charge in [0, 0.05) is 38.4 Å². The molecular weight excluding hydrogens is 347 g/mol. The van der Waals surface area contributed by atoms with Crippen LogP contribution in [-0.2, 0) is 14.8 Å². The Hall–Kier alpha value is -1.51. The average Bonchev–Trinajstić information content (AvgIpc) is 2.62. The van der Waals surface area contributed by atoms with Crippen LogP contribution in [0.15, 0.2) is 23.1 Å². The zero-order valence-corrected chi connectivity index (χ0v) is 15.3. The van der Waals surface area contributed by atoms with E-state index < -0.39 is 26.6 Å². The van der Waals surface area contributed by atoms with Crippen molar-refractivity contribution in [1.82, 2.24) is 9.62 Å². The van der Waals surface area contributed by atoms with Gasteiger partial charge in [-0.25, -0.2) is 12.8 Å². The lowest BCUT2D eigenvalue weighted by molar-refractivity contribution is 0.0944. The molecule has 0 spiro atoms. The van der Waals surface area contributed by atoms with Gasteiger partial charge in [0.1, 0.15) is 10.7 Å². The minimum Gasteiger partial charge on any atom is -0.382 e. The Morgan fingerprint density at radius 1 is 1.28 bits per heavy atom. The summed E-state index contributed by atoms with van der Waals surface area (Å²) in [6.45, 7) is 4.22. The van der Waals surface area contributed by atoms with E-state index in [9.17, 15) is 17.6 Å². The number of piperidine rings is 1. The van der Waals surface area contributed by atoms with Gasteiger partial charge in [0.2, 0.25) is 10.0 Å². The number of amides is 1. The summed E-state index contributed by atoms with van der Waals surface area (Å²) in [4.78, 5) is 11.7. The summed E-state index contributed by atoms with van der Waals surface area (Å²) in [5, 5.41) is 2.69. The smallest absolute Gasteiger partial charge is 0.251 e. The highest BCUT2D eigenvalue weighted by atomic mass is 32.2. The number of halogens is 1. The van der Waals surface area contributed by atoms with E-state index in [1.807, 2.05) is 6.92 Å². The third-order valence-corrected chi connectivity index (χ3v) is 6.00. The summed E-state index contributed by atoms with van der Waals surface area (Å²) in [5.41, 5.74) is 0.133. The molecule has 1 fully saturated rings. The maximum absolute atomic E-state index is 14.1. The predicted molar refractivity (Wildman–Crippen MR) is 92.5 cm³/mol. The number of carbonyl (C=O) groups excluding carboxylic acids is 1. The van der Waals surface area contributed by atoms with Crippen molar-refractivity contribution >= 4 is 15.9 Å². The first-order valence-corrected chi connectivity index (χ1v) is 10.1. The molecule has 0 radical (unpaired) electrons. The fourth-order valence-electron chi connectivity index (χ4n) is 2.71. The molecule has 0 bridgehead atoms. The van der Waals surface area contributed by atoms with Crippen molar-refractivity contribution in [3.8, 4) is 0 Å². The summed E-state index contributed by atoms with van der Waals surface area (Å²) >= 11 is 0. The maximum atomic E-state index is 14.1. The average molecular weight is 372 g/mol. The van der Waals surface area contributed by atoms with Crippen LogP contribution < -0.4 is 5.32 Å². The van der Waals surface area contributed by atoms with Crippen LogP contribution in [0, 0.1) is 5.82 Å². The lowest BCUT2D eigenvalue weighted by Gasteiger charge is -2.26. The molecule has 1 N–H and O–H groups in total. The molecule has 1 heterocycles. The molecule has 1 aromatic carbocycles. The van der Waals surface area contributed by atoms with Gasteiger partial charge in [-0.15, -0.1) is 0 Å². The van der Waals surface area contributed by atoms with E-state index in [1.54, 1.807) is 0 Å². The van der Waals surface area contributed by atoms with Gasteiger partial charge in [0.25, 0.3) is 5.91 Å². The molecule has 0 unspecified atom stereocenters. The normalized spacial score (nSPS) is 15.9. The Morgan fingerprint density at radius 3 is 2.68 bits per heavy atom. The first kappa shape index (κ1) is 19.8. The Morgan fingerprint density at radius 2 is 2.00 bits per heavy atom. The third-order valence-electron chi connectivity index (χ3n) is 4.08. The summed E-state index contributed by atoms with van der Waals surface area (Å²) in [7, 11) is -3.92. The quantitative estimate of drug-likeness (QED) is 0.710. The van der Waals surface area contributed by atoms with E-state index in [0.717, 1.165) is 31.4 Å². The number of hydrogen-bond donors (Lipinski definition) is 1. The van der Waals surface area contributed by atoms with Crippen molar-refractivity contribution in [1.29, 1.82) is 0 Å². The molecule has 1 amide bonds. The molecule has 6 nitrogen and oxygen atoms in total. The van der Waals surface area contributed by atoms with Crippen LogP contribution in [0.1, 0.15) is 43.0 Å². The third kappa shape index (κ3) is 5.23. The van der Waals surface area contributed by atoms with Gasteiger partial charge in [0.15, 0.2) is 0 Å². The summed E-state index contributed by atoms with van der Waals surface area (Å²) in [6, 6.07) is 3.45. The Kier molecular flexibility index (Phi) is 7.34. The highest BCUT2D eigenvalue weighted by Crippen LogP contribution is 2.24. The molecule has 1 saturated heterocycles. The highest BCUT2D eigenvalue weighted by molar-refractivity contribution is 7.89. The van der Waals surface area contributed by atoms with Gasteiger partial charge in [0.05, 0.1) is 0 Å². The summed E-state index contributed by atoms with van der Waals surface area (Å²) in [5.74, 6) is -1.26. The minimum atomic E-state index is -3.92. The van der Waals surface area contributed by atoms with E-state index in [0.29, 0.717) is 39.3 Å². The summed E-state index contributed by atoms with van der Waals surface area (Å²) in [6.07, 6.45) is 3.15. The number of nitrogens with one attached hydrogen (secondary N) is 1. The van der Waals surface area contributed by atoms with Gasteiger partial charge < -0.3 is 10.1 Å². The predicted octanol–water partition coefficient (Wildman–Crippen LogP) is 2.16. The standard InChI is InChI=1S/C17H25FN2O4S/c1-2-24-12-6-9-19-17(21)14-7-8-15(18)16(13-14)25(22,23)20-10-4-3-5-11-20/h7-8,13H,2-6,9-12H2,1H3,(H,19,21). The number of ether oxygens (including phenoxy) is 1. The van der Waals surface area contributed by atoms with Crippen LogP contribution in [0.5, 0.6) is 0 Å². The number of sulfonamides is 1. The zero-order valence-electron chi connectivity index (χ0n) is 14.5. The van der Waals surface area contributed by atoms with Crippen molar-refractivity contribution in [2.45, 2.75) is 37.5 Å². The van der Waals surface area contributed by atoms with Crippen LogP contribution in [0.25, 0.3) is 0 Å². The van der Waals surface area contributed by atoms with Crippen LogP contribution in [0.4, 0.5) is 4.39 Å². The lowest BCUT2D eigenvalue weighted by atomic mass is 10.2. The maximum Gasteiger partial charge on any atom is 0.251 e. The van der Waals surface area contributed by atoms with Crippen LogP contribution in [0.3, 0.4) is 0 Å². The minimum absolute atomic E-state index is 0.133. The zero-order chi connectivity index (χ0) is 18.3. The van der Waals surface area contributed by atoms with E-state index in [2.05, 4.69) is 5.32 Å². The van der Waals surface area contributed by atoms with Crippen molar-refractivity contribution in [3.63, 3.8) is 0 Å². The number of rotatable bonds is 8. The monoisotopic (exact) mass is 372 g/mol. The van der Waals surface area contributed by atoms with Crippen LogP contribution in [-0.4, -0.2) is 51.5 Å². The van der Waals surface area contributed by atoms with E-state index >= 15 is 0 Å². The molecule has 1 aliphatic heterocycles. The Balaban J connectivity index is 2.10. The topological polar surface area (TPSA) is 75.7 Å². The van der Waals surface area contributed by atoms with E-state index in [-0.39, 0.29) is 5.56 Å².